The molecule has 0 spiro atoms. The second kappa shape index (κ2) is 4.83. The maximum atomic E-state index is 13.2. The van der Waals surface area contributed by atoms with Gasteiger partial charge in [0.25, 0.3) is 0 Å². The molecule has 1 aromatic carbocycles. The number of hydrogen-bond donors (Lipinski definition) is 1. The Morgan fingerprint density at radius 1 is 1.24 bits per heavy atom. The van der Waals surface area contributed by atoms with Gasteiger partial charge in [-0.1, -0.05) is 0 Å². The third-order valence-electron chi connectivity index (χ3n) is 4.58. The van der Waals surface area contributed by atoms with Crippen molar-refractivity contribution in [1.29, 1.82) is 0 Å². The van der Waals surface area contributed by atoms with Crippen LogP contribution in [0.4, 0.5) is 4.39 Å². The smallest absolute Gasteiger partial charge is 0.225 e. The number of nitrogens with zero attached hydrogens (tertiary/aromatic N) is 2. The highest BCUT2D eigenvalue weighted by Gasteiger charge is 2.35. The summed E-state index contributed by atoms with van der Waals surface area (Å²) in [6.45, 7) is 1.62. The van der Waals surface area contributed by atoms with Crippen molar-refractivity contribution in [3.8, 4) is 0 Å². The lowest BCUT2D eigenvalue weighted by atomic mass is 9.96. The first-order valence-corrected chi connectivity index (χ1v) is 7.64. The van der Waals surface area contributed by atoms with E-state index < -0.39 is 0 Å². The fourth-order valence-electron chi connectivity index (χ4n) is 3.16. The van der Waals surface area contributed by atoms with Crippen LogP contribution in [-0.4, -0.2) is 33.9 Å². The monoisotopic (exact) mass is 287 g/mol. The molecule has 1 saturated carbocycles. The van der Waals surface area contributed by atoms with Gasteiger partial charge in [0.15, 0.2) is 0 Å². The van der Waals surface area contributed by atoms with Crippen LogP contribution >= 0.6 is 0 Å². The number of carbonyl (C=O) groups excluding carboxylic acids is 1. The van der Waals surface area contributed by atoms with Crippen molar-refractivity contribution in [2.75, 3.05) is 13.1 Å². The second-order valence-electron chi connectivity index (χ2n) is 6.16. The SMILES string of the molecule is O=C(C1CC1)N1CCC(c2nc3ccc(F)cc3[nH]2)CC1. The molecule has 0 bridgehead atoms. The predicted octanol–water partition coefficient (Wildman–Crippen LogP) is 2.82. The van der Waals surface area contributed by atoms with E-state index in [9.17, 15) is 9.18 Å². The van der Waals surface area contributed by atoms with Crippen LogP contribution in [-0.2, 0) is 4.79 Å². The van der Waals surface area contributed by atoms with Gasteiger partial charge in [0.2, 0.25) is 5.91 Å². The lowest BCUT2D eigenvalue weighted by Crippen LogP contribution is -2.38. The molecule has 1 aliphatic carbocycles. The zero-order valence-corrected chi connectivity index (χ0v) is 11.8. The summed E-state index contributed by atoms with van der Waals surface area (Å²) >= 11 is 0. The quantitative estimate of drug-likeness (QED) is 0.923. The molecule has 0 unspecified atom stereocenters. The van der Waals surface area contributed by atoms with E-state index >= 15 is 0 Å². The third kappa shape index (κ3) is 2.41. The number of carbonyl (C=O) groups is 1. The highest BCUT2D eigenvalue weighted by Crippen LogP contribution is 2.34. The van der Waals surface area contributed by atoms with E-state index in [1.165, 1.54) is 12.1 Å². The topological polar surface area (TPSA) is 49.0 Å². The number of amides is 1. The molecule has 2 fully saturated rings. The number of halogens is 1. The molecule has 21 heavy (non-hydrogen) atoms. The van der Waals surface area contributed by atoms with Gasteiger partial charge in [-0.25, -0.2) is 9.37 Å². The van der Waals surface area contributed by atoms with Gasteiger partial charge in [-0.3, -0.25) is 4.79 Å². The molecule has 5 heteroatoms. The number of aromatic nitrogens is 2. The Kier molecular flexibility index (Phi) is 2.94. The van der Waals surface area contributed by atoms with Crippen molar-refractivity contribution >= 4 is 16.9 Å². The first-order valence-electron chi connectivity index (χ1n) is 7.64. The minimum Gasteiger partial charge on any atom is -0.342 e. The lowest BCUT2D eigenvalue weighted by Gasteiger charge is -2.31. The average molecular weight is 287 g/mol. The summed E-state index contributed by atoms with van der Waals surface area (Å²) in [4.78, 5) is 21.8. The fourth-order valence-corrected chi connectivity index (χ4v) is 3.16. The van der Waals surface area contributed by atoms with Crippen LogP contribution in [0, 0.1) is 11.7 Å². The minimum absolute atomic E-state index is 0.248. The average Bonchev–Trinajstić information content (AvgIpc) is 3.26. The van der Waals surface area contributed by atoms with Gasteiger partial charge < -0.3 is 9.88 Å². The number of fused-ring (bicyclic) bond motifs is 1. The molecule has 0 radical (unpaired) electrons. The van der Waals surface area contributed by atoms with Gasteiger partial charge in [-0.15, -0.1) is 0 Å². The van der Waals surface area contributed by atoms with E-state index in [4.69, 9.17) is 0 Å². The van der Waals surface area contributed by atoms with Crippen LogP contribution in [0.2, 0.25) is 0 Å². The van der Waals surface area contributed by atoms with E-state index in [2.05, 4.69) is 9.97 Å². The van der Waals surface area contributed by atoms with Gasteiger partial charge in [-0.05, 0) is 43.9 Å². The summed E-state index contributed by atoms with van der Waals surface area (Å²) in [5.74, 6) is 1.65. The maximum Gasteiger partial charge on any atom is 0.225 e. The molecule has 2 aliphatic rings. The Balaban J connectivity index is 1.48. The van der Waals surface area contributed by atoms with Crippen molar-refractivity contribution in [1.82, 2.24) is 14.9 Å². The first-order chi connectivity index (χ1) is 10.2. The van der Waals surface area contributed by atoms with Gasteiger partial charge in [0.05, 0.1) is 11.0 Å². The molecule has 4 rings (SSSR count). The summed E-state index contributed by atoms with van der Waals surface area (Å²) in [7, 11) is 0. The van der Waals surface area contributed by atoms with Crippen LogP contribution in [0.3, 0.4) is 0 Å². The third-order valence-corrected chi connectivity index (χ3v) is 4.58. The highest BCUT2D eigenvalue weighted by atomic mass is 19.1. The largest absolute Gasteiger partial charge is 0.342 e. The van der Waals surface area contributed by atoms with Crippen molar-refractivity contribution in [2.45, 2.75) is 31.6 Å². The molecule has 1 aromatic heterocycles. The molecule has 4 nitrogen and oxygen atoms in total. The molecule has 110 valence electrons. The zero-order valence-electron chi connectivity index (χ0n) is 11.8. The van der Waals surface area contributed by atoms with Crippen molar-refractivity contribution in [3.63, 3.8) is 0 Å². The molecule has 2 heterocycles. The highest BCUT2D eigenvalue weighted by molar-refractivity contribution is 5.81. The van der Waals surface area contributed by atoms with Crippen LogP contribution < -0.4 is 0 Å². The molecular formula is C16H18FN3O. The Morgan fingerprint density at radius 3 is 2.71 bits per heavy atom. The van der Waals surface area contributed by atoms with E-state index in [-0.39, 0.29) is 5.82 Å². The fraction of sp³-hybridized carbons (Fsp3) is 0.500. The number of H-pyrrole nitrogens is 1. The molecule has 2 aromatic rings. The zero-order chi connectivity index (χ0) is 14.4. The number of piperidine rings is 1. The number of likely N-dealkylation sites (tertiary alicyclic amines) is 1. The summed E-state index contributed by atoms with van der Waals surface area (Å²) < 4.78 is 13.2. The van der Waals surface area contributed by atoms with Gasteiger partial charge in [0.1, 0.15) is 11.6 Å². The van der Waals surface area contributed by atoms with Gasteiger partial charge >= 0.3 is 0 Å². The summed E-state index contributed by atoms with van der Waals surface area (Å²) in [5, 5.41) is 0. The van der Waals surface area contributed by atoms with E-state index in [0.29, 0.717) is 17.7 Å². The van der Waals surface area contributed by atoms with Crippen molar-refractivity contribution < 1.29 is 9.18 Å². The molecular weight excluding hydrogens is 269 g/mol. The predicted molar refractivity (Wildman–Crippen MR) is 77.3 cm³/mol. The first kappa shape index (κ1) is 12.8. The summed E-state index contributed by atoms with van der Waals surface area (Å²) in [6, 6.07) is 4.62. The minimum atomic E-state index is -0.248. The summed E-state index contributed by atoms with van der Waals surface area (Å²) in [6.07, 6.45) is 3.99. The number of nitrogens with one attached hydrogen (secondary N) is 1. The number of imidazole rings is 1. The van der Waals surface area contributed by atoms with E-state index in [1.807, 2.05) is 4.90 Å². The Morgan fingerprint density at radius 2 is 2.00 bits per heavy atom. The van der Waals surface area contributed by atoms with Gasteiger partial charge in [0, 0.05) is 24.9 Å². The summed E-state index contributed by atoms with van der Waals surface area (Å²) in [5.41, 5.74) is 1.56. The number of hydrogen-bond acceptors (Lipinski definition) is 2. The van der Waals surface area contributed by atoms with Crippen LogP contribution in [0.5, 0.6) is 0 Å². The molecule has 1 aliphatic heterocycles. The standard InChI is InChI=1S/C16H18FN3O/c17-12-3-4-13-14(9-12)19-15(18-13)10-5-7-20(8-6-10)16(21)11-1-2-11/h3-4,9-11H,1-2,5-8H2,(H,18,19). The van der Waals surface area contributed by atoms with Crippen molar-refractivity contribution in [3.05, 3.63) is 29.8 Å². The van der Waals surface area contributed by atoms with Gasteiger partial charge in [-0.2, -0.15) is 0 Å². The Hall–Kier alpha value is -1.91. The maximum absolute atomic E-state index is 13.2. The van der Waals surface area contributed by atoms with Crippen LogP contribution in [0.1, 0.15) is 37.4 Å². The normalized spacial score (nSPS) is 20.1. The van der Waals surface area contributed by atoms with Crippen LogP contribution in [0.25, 0.3) is 11.0 Å². The molecule has 1 saturated heterocycles. The van der Waals surface area contributed by atoms with E-state index in [0.717, 1.165) is 55.6 Å². The van der Waals surface area contributed by atoms with Crippen molar-refractivity contribution in [2.24, 2.45) is 5.92 Å². The molecule has 0 atom stereocenters. The Labute approximate surface area is 122 Å². The van der Waals surface area contributed by atoms with Crippen LogP contribution in [0.15, 0.2) is 18.2 Å². The Bertz CT molecular complexity index is 684. The number of aromatic amines is 1. The molecule has 1 N–H and O–H groups in total. The lowest BCUT2D eigenvalue weighted by molar-refractivity contribution is -0.133. The number of rotatable bonds is 2. The number of benzene rings is 1. The second-order valence-corrected chi connectivity index (χ2v) is 6.16. The molecule has 1 amide bonds. The van der Waals surface area contributed by atoms with E-state index in [1.54, 1.807) is 6.07 Å².